The second kappa shape index (κ2) is 7.12. The third-order valence-corrected chi connectivity index (χ3v) is 6.96. The van der Waals surface area contributed by atoms with Gasteiger partial charge < -0.3 is 10.2 Å². The van der Waals surface area contributed by atoms with Gasteiger partial charge in [0.2, 0.25) is 7.01 Å². The van der Waals surface area contributed by atoms with Crippen LogP contribution in [0.5, 0.6) is 11.5 Å². The molecule has 0 saturated heterocycles. The zero-order valence-electron chi connectivity index (χ0n) is 14.2. The smallest absolute Gasteiger partial charge is 0.231 e. The van der Waals surface area contributed by atoms with Gasteiger partial charge in [-0.25, -0.2) is 12.8 Å². The van der Waals surface area contributed by atoms with Gasteiger partial charge in [-0.15, -0.1) is 0 Å². The molecule has 0 fully saturated rings. The van der Waals surface area contributed by atoms with Crippen LogP contribution in [0.3, 0.4) is 0 Å². The van der Waals surface area contributed by atoms with Gasteiger partial charge in [0.1, 0.15) is 5.75 Å². The Balaban J connectivity index is 2.39. The van der Waals surface area contributed by atoms with E-state index in [0.29, 0.717) is 16.7 Å². The van der Waals surface area contributed by atoms with Gasteiger partial charge in [-0.3, -0.25) is 0 Å². The first-order chi connectivity index (χ1) is 12.6. The Labute approximate surface area is 168 Å². The lowest BCUT2D eigenvalue weighted by Gasteiger charge is -2.33. The molecule has 4 nitrogen and oxygen atoms in total. The molecule has 3 aromatic carbocycles. The monoisotopic (exact) mass is 498 g/mol. The molecule has 3 aromatic rings. The summed E-state index contributed by atoms with van der Waals surface area (Å²) in [6.45, 7) is 1.78. The summed E-state index contributed by atoms with van der Waals surface area (Å²) < 4.78 is 38.9. The van der Waals surface area contributed by atoms with E-state index in [2.05, 4.69) is 0 Å². The average molecular weight is 498 g/mol. The number of phenolic OH excluding ortho intramolecular Hbond substituents is 2. The fourth-order valence-corrected chi connectivity index (χ4v) is 5.11. The molecule has 0 bridgehead atoms. The summed E-state index contributed by atoms with van der Waals surface area (Å²) in [5, 5.41) is 19.2. The second-order valence-corrected chi connectivity index (χ2v) is 11.1. The van der Waals surface area contributed by atoms with Crippen LogP contribution in [-0.2, 0) is 12.4 Å². The molecule has 0 spiro atoms. The Hall–Kier alpha value is -2.13. The fourth-order valence-electron chi connectivity index (χ4n) is 3.18. The molecule has 1 atom stereocenters. The van der Waals surface area contributed by atoms with Gasteiger partial charge in [0, 0.05) is 5.41 Å². The minimum Gasteiger partial charge on any atom is -0.508 e. The lowest BCUT2D eigenvalue weighted by Crippen LogP contribution is -2.27. The van der Waals surface area contributed by atoms with Gasteiger partial charge >= 0.3 is 0 Å². The molecule has 0 aliphatic carbocycles. The van der Waals surface area contributed by atoms with Crippen LogP contribution in [0, 0.1) is 5.82 Å². The third kappa shape index (κ3) is 3.66. The van der Waals surface area contributed by atoms with Crippen molar-refractivity contribution >= 4 is 28.2 Å². The summed E-state index contributed by atoms with van der Waals surface area (Å²) in [5.41, 5.74) is 0.556. The summed E-state index contributed by atoms with van der Waals surface area (Å²) in [7, 11) is -3.58. The number of halogens is 2. The number of benzene rings is 3. The van der Waals surface area contributed by atoms with Gasteiger partial charge in [-0.1, -0.05) is 36.4 Å². The maximum atomic E-state index is 14.1. The van der Waals surface area contributed by atoms with Crippen molar-refractivity contribution in [1.82, 2.24) is 0 Å². The quantitative estimate of drug-likeness (QED) is 0.311. The van der Waals surface area contributed by atoms with E-state index in [4.69, 9.17) is 0 Å². The van der Waals surface area contributed by atoms with E-state index in [0.717, 1.165) is 0 Å². The number of hydrogen-bond acceptors (Lipinski definition) is 4. The molecule has 0 radical (unpaired) electrons. The maximum Gasteiger partial charge on any atom is 0.231 e. The Morgan fingerprint density at radius 1 is 0.926 bits per heavy atom. The highest BCUT2D eigenvalue weighted by Gasteiger charge is 2.36. The standard InChI is InChI=1S/C20H16FIO4S/c1-20(13-6-9-15(23)10-7-13,14-8-11-18(24)17(21)12-14)16-4-2-3-5-19(16)27(22,25)26/h2-12,23-24H,1H3. The summed E-state index contributed by atoms with van der Waals surface area (Å²) >= 11 is 1.38. The molecule has 2 N–H and O–H groups in total. The molecule has 1 unspecified atom stereocenters. The summed E-state index contributed by atoms with van der Waals surface area (Å²) in [6.07, 6.45) is 0. The fraction of sp³-hybridized carbons (Fsp3) is 0.100. The van der Waals surface area contributed by atoms with E-state index in [9.17, 15) is 23.0 Å². The van der Waals surface area contributed by atoms with Crippen molar-refractivity contribution in [2.24, 2.45) is 0 Å². The molecular formula is C20H16FIO4S. The summed E-state index contributed by atoms with van der Waals surface area (Å²) in [4.78, 5) is 0.120. The summed E-state index contributed by atoms with van der Waals surface area (Å²) in [5.74, 6) is -1.22. The Morgan fingerprint density at radius 2 is 1.52 bits per heavy atom. The topological polar surface area (TPSA) is 74.6 Å². The molecule has 140 valence electrons. The molecule has 7 heteroatoms. The van der Waals surface area contributed by atoms with Crippen LogP contribution in [0.4, 0.5) is 4.39 Å². The molecule has 0 saturated carbocycles. The first kappa shape index (κ1) is 19.6. The van der Waals surface area contributed by atoms with Crippen molar-refractivity contribution in [1.29, 1.82) is 0 Å². The Kier molecular flexibility index (Phi) is 5.18. The average Bonchev–Trinajstić information content (AvgIpc) is 2.63. The minimum absolute atomic E-state index is 0.0628. The van der Waals surface area contributed by atoms with E-state index in [1.54, 1.807) is 43.3 Å². The first-order valence-corrected chi connectivity index (χ1v) is 12.0. The molecule has 0 amide bonds. The highest BCUT2D eigenvalue weighted by molar-refractivity contribution is 14.2. The van der Waals surface area contributed by atoms with Gasteiger partial charge in [0.05, 0.1) is 26.1 Å². The molecule has 27 heavy (non-hydrogen) atoms. The largest absolute Gasteiger partial charge is 0.508 e. The van der Waals surface area contributed by atoms with E-state index < -0.39 is 24.0 Å². The van der Waals surface area contributed by atoms with Crippen molar-refractivity contribution in [3.05, 3.63) is 89.2 Å². The second-order valence-electron chi connectivity index (χ2n) is 6.27. The van der Waals surface area contributed by atoms with Crippen molar-refractivity contribution in [2.75, 3.05) is 0 Å². The number of aromatic hydroxyl groups is 2. The van der Waals surface area contributed by atoms with Gasteiger partial charge in [0.15, 0.2) is 11.6 Å². The Morgan fingerprint density at radius 3 is 2.11 bits per heavy atom. The maximum absolute atomic E-state index is 14.1. The lowest BCUT2D eigenvalue weighted by molar-refractivity contribution is 0.430. The number of phenols is 2. The van der Waals surface area contributed by atoms with E-state index in [-0.39, 0.29) is 10.6 Å². The van der Waals surface area contributed by atoms with Crippen molar-refractivity contribution in [3.8, 4) is 11.5 Å². The zero-order valence-corrected chi connectivity index (χ0v) is 17.2. The zero-order chi connectivity index (χ0) is 19.8. The van der Waals surface area contributed by atoms with Gasteiger partial charge in [-0.2, -0.15) is 0 Å². The number of rotatable bonds is 4. The highest BCUT2D eigenvalue weighted by Crippen LogP contribution is 2.43. The van der Waals surface area contributed by atoms with Crippen LogP contribution in [-0.4, -0.2) is 18.6 Å². The lowest BCUT2D eigenvalue weighted by atomic mass is 9.71. The molecule has 0 heterocycles. The van der Waals surface area contributed by atoms with Crippen molar-refractivity contribution in [2.45, 2.75) is 17.2 Å². The van der Waals surface area contributed by atoms with Crippen molar-refractivity contribution < 1.29 is 23.0 Å². The summed E-state index contributed by atoms with van der Waals surface area (Å²) in [6, 6.07) is 16.8. The van der Waals surface area contributed by atoms with Crippen LogP contribution in [0.15, 0.2) is 71.6 Å². The van der Waals surface area contributed by atoms with E-state index >= 15 is 0 Å². The predicted molar refractivity (Wildman–Crippen MR) is 109 cm³/mol. The molecular weight excluding hydrogens is 482 g/mol. The number of hydrogen-bond donors (Lipinski definition) is 2. The third-order valence-electron chi connectivity index (χ3n) is 4.66. The minimum atomic E-state index is -3.58. The van der Waals surface area contributed by atoms with Crippen LogP contribution < -0.4 is 0 Å². The Bertz CT molecular complexity index is 1100. The van der Waals surface area contributed by atoms with E-state index in [1.807, 2.05) is 0 Å². The molecule has 0 aromatic heterocycles. The van der Waals surface area contributed by atoms with Crippen LogP contribution in [0.1, 0.15) is 23.6 Å². The SMILES string of the molecule is CC(c1ccc(O)cc1)(c1ccc(O)c(F)c1)c1ccccc1S(=O)(=O)I. The van der Waals surface area contributed by atoms with Gasteiger partial charge in [0.25, 0.3) is 0 Å². The molecule has 0 aliphatic heterocycles. The van der Waals surface area contributed by atoms with Crippen LogP contribution in [0.25, 0.3) is 0 Å². The highest BCUT2D eigenvalue weighted by atomic mass is 127. The van der Waals surface area contributed by atoms with Gasteiger partial charge in [-0.05, 0) is 53.9 Å². The van der Waals surface area contributed by atoms with E-state index in [1.165, 1.54) is 51.5 Å². The predicted octanol–water partition coefficient (Wildman–Crippen LogP) is 4.71. The normalized spacial score (nSPS) is 13.9. The van der Waals surface area contributed by atoms with Crippen LogP contribution >= 0.6 is 21.2 Å². The molecule has 0 aliphatic rings. The molecule has 3 rings (SSSR count). The first-order valence-electron chi connectivity index (χ1n) is 7.96. The van der Waals surface area contributed by atoms with Crippen molar-refractivity contribution in [3.63, 3.8) is 0 Å². The van der Waals surface area contributed by atoms with Crippen LogP contribution in [0.2, 0.25) is 0 Å².